The van der Waals surface area contributed by atoms with Gasteiger partial charge in [-0.15, -0.1) is 0 Å². The largest absolute Gasteiger partial charge is 0.508 e. The molecule has 0 bridgehead atoms. The number of ketones is 2. The van der Waals surface area contributed by atoms with E-state index < -0.39 is 23.9 Å². The summed E-state index contributed by atoms with van der Waals surface area (Å²) in [6, 6.07) is 2.92. The SMILES string of the molecule is C=CC1=C(C(=C)O)C(=O)CCC1c1ccc(O)c2c1C(=O)CC(O)C2O. The van der Waals surface area contributed by atoms with Crippen LogP contribution in [0.1, 0.15) is 52.8 Å². The number of hydrogen-bond donors (Lipinski definition) is 4. The maximum absolute atomic E-state index is 12.6. The lowest BCUT2D eigenvalue weighted by Gasteiger charge is -2.32. The van der Waals surface area contributed by atoms with Crippen molar-refractivity contribution in [1.29, 1.82) is 0 Å². The molecule has 2 aliphatic rings. The van der Waals surface area contributed by atoms with E-state index in [0.29, 0.717) is 17.6 Å². The second-order valence-corrected chi connectivity index (χ2v) is 6.60. The topological polar surface area (TPSA) is 115 Å². The fourth-order valence-electron chi connectivity index (χ4n) is 3.91. The van der Waals surface area contributed by atoms with E-state index in [9.17, 15) is 30.0 Å². The smallest absolute Gasteiger partial charge is 0.166 e. The average Bonchev–Trinajstić information content (AvgIpc) is 2.59. The van der Waals surface area contributed by atoms with Crippen LogP contribution in [0.25, 0.3) is 0 Å². The van der Waals surface area contributed by atoms with Gasteiger partial charge in [0.05, 0.1) is 11.7 Å². The maximum Gasteiger partial charge on any atom is 0.166 e. The normalized spacial score (nSPS) is 25.8. The van der Waals surface area contributed by atoms with Gasteiger partial charge < -0.3 is 20.4 Å². The molecule has 136 valence electrons. The van der Waals surface area contributed by atoms with Crippen LogP contribution in [0.5, 0.6) is 5.75 Å². The van der Waals surface area contributed by atoms with Gasteiger partial charge in [-0.2, -0.15) is 0 Å². The van der Waals surface area contributed by atoms with E-state index in [1.807, 2.05) is 0 Å². The lowest BCUT2D eigenvalue weighted by molar-refractivity contribution is -0.116. The van der Waals surface area contributed by atoms with Gasteiger partial charge in [-0.1, -0.05) is 25.3 Å². The highest BCUT2D eigenvalue weighted by Crippen LogP contribution is 2.45. The minimum absolute atomic E-state index is 0.00376. The molecule has 0 aliphatic heterocycles. The number of aliphatic hydroxyl groups is 3. The Kier molecular flexibility index (Phi) is 4.56. The fourth-order valence-corrected chi connectivity index (χ4v) is 3.91. The lowest BCUT2D eigenvalue weighted by Crippen LogP contribution is -2.31. The molecule has 26 heavy (non-hydrogen) atoms. The predicted octanol–water partition coefficient (Wildman–Crippen LogP) is 2.37. The van der Waals surface area contributed by atoms with E-state index >= 15 is 0 Å². The van der Waals surface area contributed by atoms with Crippen LogP contribution in [-0.4, -0.2) is 38.1 Å². The third-order valence-corrected chi connectivity index (χ3v) is 5.08. The summed E-state index contributed by atoms with van der Waals surface area (Å²) in [6.07, 6.45) is -0.923. The average molecular weight is 356 g/mol. The van der Waals surface area contributed by atoms with Crippen molar-refractivity contribution >= 4 is 11.6 Å². The molecule has 0 aromatic heterocycles. The lowest BCUT2D eigenvalue weighted by atomic mass is 9.73. The van der Waals surface area contributed by atoms with Gasteiger partial charge in [0.25, 0.3) is 0 Å². The standard InChI is InChI=1S/C20H20O6/c1-3-10-11(4-6-13(22)17(10)9(2)21)12-5-7-14(23)19-18(12)15(24)8-16(25)20(19)26/h3,5,7,11,16,20-21,23,25-26H,1-2,4,6,8H2. The molecule has 3 unspecified atom stereocenters. The van der Waals surface area contributed by atoms with E-state index in [-0.39, 0.29) is 46.8 Å². The second kappa shape index (κ2) is 6.55. The van der Waals surface area contributed by atoms with Gasteiger partial charge >= 0.3 is 0 Å². The minimum atomic E-state index is -1.38. The monoisotopic (exact) mass is 356 g/mol. The van der Waals surface area contributed by atoms with E-state index in [1.54, 1.807) is 6.07 Å². The van der Waals surface area contributed by atoms with Crippen molar-refractivity contribution in [2.45, 2.75) is 37.4 Å². The summed E-state index contributed by atoms with van der Waals surface area (Å²) in [6.45, 7) is 7.16. The second-order valence-electron chi connectivity index (χ2n) is 6.60. The van der Waals surface area contributed by atoms with Crippen LogP contribution < -0.4 is 0 Å². The Labute approximate surface area is 150 Å². The summed E-state index contributed by atoms with van der Waals surface area (Å²) in [4.78, 5) is 24.8. The number of fused-ring (bicyclic) bond motifs is 1. The van der Waals surface area contributed by atoms with E-state index in [2.05, 4.69) is 13.2 Å². The Bertz CT molecular complexity index is 863. The summed E-state index contributed by atoms with van der Waals surface area (Å²) in [5.74, 6) is -1.70. The highest BCUT2D eigenvalue weighted by atomic mass is 16.3. The predicted molar refractivity (Wildman–Crippen MR) is 94.0 cm³/mol. The summed E-state index contributed by atoms with van der Waals surface area (Å²) in [7, 11) is 0. The number of rotatable bonds is 3. The van der Waals surface area contributed by atoms with Crippen molar-refractivity contribution in [3.05, 3.63) is 65.0 Å². The van der Waals surface area contributed by atoms with Crippen LogP contribution >= 0.6 is 0 Å². The van der Waals surface area contributed by atoms with Crippen LogP contribution in [0.4, 0.5) is 0 Å². The molecule has 0 heterocycles. The van der Waals surface area contributed by atoms with Gasteiger partial charge in [-0.05, 0) is 23.6 Å². The number of aromatic hydroxyl groups is 1. The number of benzene rings is 1. The van der Waals surface area contributed by atoms with E-state index in [1.165, 1.54) is 12.1 Å². The van der Waals surface area contributed by atoms with Gasteiger partial charge in [-0.25, -0.2) is 0 Å². The van der Waals surface area contributed by atoms with Crippen LogP contribution in [0.3, 0.4) is 0 Å². The molecule has 3 atom stereocenters. The zero-order valence-corrected chi connectivity index (χ0v) is 14.1. The number of phenolic OH excluding ortho intramolecular Hbond substituents is 1. The van der Waals surface area contributed by atoms with Gasteiger partial charge in [0.2, 0.25) is 0 Å². The molecule has 1 aromatic carbocycles. The van der Waals surface area contributed by atoms with Crippen LogP contribution in [0, 0.1) is 0 Å². The third-order valence-electron chi connectivity index (χ3n) is 5.08. The highest BCUT2D eigenvalue weighted by molar-refractivity contribution is 6.03. The minimum Gasteiger partial charge on any atom is -0.508 e. The van der Waals surface area contributed by atoms with Crippen LogP contribution in [0.2, 0.25) is 0 Å². The first-order chi connectivity index (χ1) is 12.3. The molecule has 0 fully saturated rings. The molecular formula is C20H20O6. The molecular weight excluding hydrogens is 336 g/mol. The molecule has 0 saturated heterocycles. The Morgan fingerprint density at radius 3 is 2.50 bits per heavy atom. The molecule has 0 radical (unpaired) electrons. The zero-order chi connectivity index (χ0) is 19.2. The summed E-state index contributed by atoms with van der Waals surface area (Å²) in [5.41, 5.74) is 1.22. The van der Waals surface area contributed by atoms with Crippen molar-refractivity contribution < 1.29 is 30.0 Å². The summed E-state index contributed by atoms with van der Waals surface area (Å²) >= 11 is 0. The molecule has 4 N–H and O–H groups in total. The molecule has 0 spiro atoms. The molecule has 3 rings (SSSR count). The van der Waals surface area contributed by atoms with Gasteiger partial charge in [0.1, 0.15) is 17.6 Å². The van der Waals surface area contributed by atoms with Crippen molar-refractivity contribution in [1.82, 2.24) is 0 Å². The molecule has 6 heteroatoms. The van der Waals surface area contributed by atoms with Gasteiger partial charge in [-0.3, -0.25) is 9.59 Å². The van der Waals surface area contributed by atoms with Crippen LogP contribution in [0.15, 0.2) is 48.3 Å². The highest BCUT2D eigenvalue weighted by Gasteiger charge is 2.39. The Hall–Kier alpha value is -2.70. The number of Topliss-reactive ketones (excluding diaryl/α,β-unsaturated/α-hetero) is 2. The van der Waals surface area contributed by atoms with Crippen molar-refractivity contribution in [3.63, 3.8) is 0 Å². The fraction of sp³-hybridized carbons (Fsp3) is 0.300. The third kappa shape index (κ3) is 2.67. The molecule has 0 amide bonds. The Balaban J connectivity index is 2.26. The summed E-state index contributed by atoms with van der Waals surface area (Å²) in [5, 5.41) is 40.1. The first kappa shape index (κ1) is 18.1. The summed E-state index contributed by atoms with van der Waals surface area (Å²) < 4.78 is 0. The first-order valence-corrected chi connectivity index (χ1v) is 8.31. The number of carbonyl (C=O) groups is 2. The number of carbonyl (C=O) groups excluding carboxylic acids is 2. The molecule has 0 saturated carbocycles. The quantitative estimate of drug-likeness (QED) is 0.618. The number of hydrogen-bond acceptors (Lipinski definition) is 6. The molecule has 6 nitrogen and oxygen atoms in total. The molecule has 2 aliphatic carbocycles. The number of phenols is 1. The molecule has 1 aromatic rings. The number of aliphatic hydroxyl groups excluding tert-OH is 3. The maximum atomic E-state index is 12.6. The zero-order valence-electron chi connectivity index (χ0n) is 14.1. The Morgan fingerprint density at radius 1 is 1.19 bits per heavy atom. The van der Waals surface area contributed by atoms with Crippen molar-refractivity contribution in [2.24, 2.45) is 0 Å². The Morgan fingerprint density at radius 2 is 1.88 bits per heavy atom. The van der Waals surface area contributed by atoms with Crippen molar-refractivity contribution in [3.8, 4) is 5.75 Å². The van der Waals surface area contributed by atoms with E-state index in [0.717, 1.165) is 0 Å². The van der Waals surface area contributed by atoms with Gasteiger partial charge in [0, 0.05) is 29.9 Å². The van der Waals surface area contributed by atoms with Gasteiger partial charge in [0.15, 0.2) is 11.6 Å². The van der Waals surface area contributed by atoms with E-state index in [4.69, 9.17) is 0 Å². The first-order valence-electron chi connectivity index (χ1n) is 8.31. The van der Waals surface area contributed by atoms with Crippen molar-refractivity contribution in [2.75, 3.05) is 0 Å². The number of allylic oxidation sites excluding steroid dienone is 3. The van der Waals surface area contributed by atoms with Crippen LogP contribution in [-0.2, 0) is 4.79 Å².